The van der Waals surface area contributed by atoms with Crippen molar-refractivity contribution in [2.75, 3.05) is 14.2 Å². The van der Waals surface area contributed by atoms with E-state index in [1.54, 1.807) is 0 Å². The van der Waals surface area contributed by atoms with Gasteiger partial charge < -0.3 is 19.0 Å². The quantitative estimate of drug-likeness (QED) is 0.161. The summed E-state index contributed by atoms with van der Waals surface area (Å²) in [4.78, 5) is 11.7. The van der Waals surface area contributed by atoms with Crippen molar-refractivity contribution in [3.8, 4) is 11.5 Å². The summed E-state index contributed by atoms with van der Waals surface area (Å²) >= 11 is 0. The fourth-order valence-electron chi connectivity index (χ4n) is 3.30. The highest BCUT2D eigenvalue weighted by Gasteiger charge is 2.42. The Morgan fingerprint density at radius 1 is 1.06 bits per heavy atom. The zero-order valence-corrected chi connectivity index (χ0v) is 24.8. The molecular formula is C25H48O5Si2. The Morgan fingerprint density at radius 2 is 1.56 bits per heavy atom. The first kappa shape index (κ1) is 31.1. The van der Waals surface area contributed by atoms with Gasteiger partial charge >= 0.3 is 5.97 Å². The van der Waals surface area contributed by atoms with E-state index in [0.29, 0.717) is 0 Å². The number of carboxylic acid groups (broad SMARTS) is 1. The summed E-state index contributed by atoms with van der Waals surface area (Å²) < 4.78 is 17.3. The SMILES string of the molecule is COC(C/C(C)=C/[C@@H](C)[C@@H](O[Si](C)(C)C(C)(C)C)[C@@H](C)CC#C[Si](C)(C)C)(OC)C(=O)O. The molecule has 0 heterocycles. The molecule has 0 aliphatic heterocycles. The Balaban J connectivity index is 5.93. The Kier molecular flexibility index (Phi) is 11.6. The van der Waals surface area contributed by atoms with Gasteiger partial charge in [0.2, 0.25) is 0 Å². The first-order valence-electron chi connectivity index (χ1n) is 11.5. The molecule has 0 radical (unpaired) electrons. The van der Waals surface area contributed by atoms with E-state index < -0.39 is 28.1 Å². The topological polar surface area (TPSA) is 65.0 Å². The molecular weight excluding hydrogens is 436 g/mol. The maximum absolute atomic E-state index is 11.7. The highest BCUT2D eigenvalue weighted by Crippen LogP contribution is 2.40. The Bertz CT molecular complexity index is 701. The molecule has 186 valence electrons. The molecule has 0 amide bonds. The molecule has 32 heavy (non-hydrogen) atoms. The van der Waals surface area contributed by atoms with E-state index in [1.165, 1.54) is 14.2 Å². The molecule has 1 N–H and O–H groups in total. The number of carbonyl (C=O) groups is 1. The van der Waals surface area contributed by atoms with Gasteiger partial charge in [0.05, 0.1) is 6.10 Å². The van der Waals surface area contributed by atoms with Gasteiger partial charge in [0.1, 0.15) is 8.07 Å². The largest absolute Gasteiger partial charge is 0.477 e. The van der Waals surface area contributed by atoms with Gasteiger partial charge in [0, 0.05) is 27.1 Å². The van der Waals surface area contributed by atoms with Crippen molar-refractivity contribution in [3.63, 3.8) is 0 Å². The third-order valence-corrected chi connectivity index (χ3v) is 11.6. The lowest BCUT2D eigenvalue weighted by Gasteiger charge is -2.42. The van der Waals surface area contributed by atoms with Crippen molar-refractivity contribution < 1.29 is 23.8 Å². The molecule has 5 nitrogen and oxygen atoms in total. The molecule has 0 bridgehead atoms. The summed E-state index contributed by atoms with van der Waals surface area (Å²) in [5.74, 6) is 0.952. The highest BCUT2D eigenvalue weighted by molar-refractivity contribution is 6.83. The zero-order valence-electron chi connectivity index (χ0n) is 22.8. The minimum atomic E-state index is -2.01. The molecule has 0 spiro atoms. The predicted octanol–water partition coefficient (Wildman–Crippen LogP) is 6.33. The van der Waals surface area contributed by atoms with Gasteiger partial charge in [-0.05, 0) is 36.9 Å². The van der Waals surface area contributed by atoms with Crippen LogP contribution in [0.4, 0.5) is 0 Å². The summed E-state index contributed by atoms with van der Waals surface area (Å²) in [6.07, 6.45) is 3.04. The number of methoxy groups -OCH3 is 2. The van der Waals surface area contributed by atoms with Crippen LogP contribution in [-0.2, 0) is 18.7 Å². The van der Waals surface area contributed by atoms with Crippen molar-refractivity contribution in [1.82, 2.24) is 0 Å². The fraction of sp³-hybridized carbons (Fsp3) is 0.800. The van der Waals surface area contributed by atoms with Crippen LogP contribution >= 0.6 is 0 Å². The van der Waals surface area contributed by atoms with Crippen LogP contribution in [0, 0.1) is 23.3 Å². The van der Waals surface area contributed by atoms with Crippen LogP contribution in [-0.4, -0.2) is 53.6 Å². The molecule has 3 atom stereocenters. The summed E-state index contributed by atoms with van der Waals surface area (Å²) in [7, 11) is -0.719. The van der Waals surface area contributed by atoms with E-state index >= 15 is 0 Å². The van der Waals surface area contributed by atoms with Crippen LogP contribution < -0.4 is 0 Å². The Labute approximate surface area is 199 Å². The van der Waals surface area contributed by atoms with Gasteiger partial charge in [-0.15, -0.1) is 11.5 Å². The number of hydrogen-bond acceptors (Lipinski definition) is 4. The maximum atomic E-state index is 11.7. The molecule has 0 fully saturated rings. The first-order chi connectivity index (χ1) is 14.3. The predicted molar refractivity (Wildman–Crippen MR) is 139 cm³/mol. The molecule has 0 saturated heterocycles. The van der Waals surface area contributed by atoms with Gasteiger partial charge in [0.15, 0.2) is 8.32 Å². The highest BCUT2D eigenvalue weighted by atomic mass is 28.4. The minimum absolute atomic E-state index is 0.00825. The molecule has 0 aromatic heterocycles. The molecule has 0 aliphatic rings. The second-order valence-corrected chi connectivity index (χ2v) is 21.1. The van der Waals surface area contributed by atoms with Crippen LogP contribution in [0.1, 0.15) is 54.4 Å². The average molecular weight is 485 g/mol. The van der Waals surface area contributed by atoms with E-state index in [1.807, 2.05) is 6.92 Å². The number of carboxylic acids is 1. The van der Waals surface area contributed by atoms with Crippen LogP contribution in [0.3, 0.4) is 0 Å². The van der Waals surface area contributed by atoms with E-state index in [4.69, 9.17) is 13.9 Å². The van der Waals surface area contributed by atoms with Crippen molar-refractivity contribution in [1.29, 1.82) is 0 Å². The number of aliphatic carboxylic acids is 1. The van der Waals surface area contributed by atoms with Gasteiger partial charge in [-0.1, -0.05) is 65.9 Å². The van der Waals surface area contributed by atoms with Gasteiger partial charge in [-0.25, -0.2) is 4.79 Å². The lowest BCUT2D eigenvalue weighted by atomic mass is 9.89. The van der Waals surface area contributed by atoms with Gasteiger partial charge in [-0.2, -0.15) is 0 Å². The summed E-state index contributed by atoms with van der Waals surface area (Å²) in [6.45, 7) is 24.3. The first-order valence-corrected chi connectivity index (χ1v) is 17.9. The van der Waals surface area contributed by atoms with Crippen molar-refractivity contribution in [3.05, 3.63) is 11.6 Å². The van der Waals surface area contributed by atoms with Crippen LogP contribution in [0.15, 0.2) is 11.6 Å². The Hall–Kier alpha value is -0.916. The van der Waals surface area contributed by atoms with E-state index in [9.17, 15) is 9.90 Å². The second-order valence-electron chi connectivity index (χ2n) is 11.6. The summed E-state index contributed by atoms with van der Waals surface area (Å²) in [5, 5.41) is 9.70. The molecule has 0 rings (SSSR count). The lowest BCUT2D eigenvalue weighted by molar-refractivity contribution is -0.224. The molecule has 7 heteroatoms. The van der Waals surface area contributed by atoms with E-state index in [2.05, 4.69) is 84.9 Å². The van der Waals surface area contributed by atoms with E-state index in [-0.39, 0.29) is 29.4 Å². The molecule has 0 saturated carbocycles. The number of hydrogen-bond donors (Lipinski definition) is 1. The second kappa shape index (κ2) is 12.0. The third-order valence-electron chi connectivity index (χ3n) is 6.25. The monoisotopic (exact) mass is 484 g/mol. The zero-order chi connectivity index (χ0) is 25.5. The maximum Gasteiger partial charge on any atom is 0.364 e. The van der Waals surface area contributed by atoms with Crippen molar-refractivity contribution in [2.45, 2.75) is 104 Å². The lowest BCUT2D eigenvalue weighted by Crippen LogP contribution is -2.47. The number of rotatable bonds is 11. The number of ether oxygens (including phenoxy) is 2. The Morgan fingerprint density at radius 3 is 1.94 bits per heavy atom. The van der Waals surface area contributed by atoms with Gasteiger partial charge in [-0.3, -0.25) is 0 Å². The van der Waals surface area contributed by atoms with E-state index in [0.717, 1.165) is 12.0 Å². The summed E-state index contributed by atoms with van der Waals surface area (Å²) in [5.41, 5.74) is 4.37. The minimum Gasteiger partial charge on any atom is -0.477 e. The van der Waals surface area contributed by atoms with Crippen molar-refractivity contribution >= 4 is 22.4 Å². The summed E-state index contributed by atoms with van der Waals surface area (Å²) in [6, 6.07) is 0. The molecule has 0 unspecified atom stereocenters. The van der Waals surface area contributed by atoms with Crippen LogP contribution in [0.25, 0.3) is 0 Å². The van der Waals surface area contributed by atoms with Crippen LogP contribution in [0.5, 0.6) is 0 Å². The standard InChI is InChI=1S/C25H48O5Si2/c1-19(18-25(28-7,29-8)23(26)27)17-21(3)22(30-32(12,13)24(4,5)6)20(2)15-14-16-31(9,10)11/h17,20-22H,15,18H2,1-13H3,(H,26,27)/b19-17+/t20-,21+,22-/m0/s1. The molecule has 0 aliphatic carbocycles. The molecule has 0 aromatic rings. The smallest absolute Gasteiger partial charge is 0.364 e. The van der Waals surface area contributed by atoms with Crippen molar-refractivity contribution in [2.24, 2.45) is 11.8 Å². The normalized spacial score (nSPS) is 16.7. The average Bonchev–Trinajstić information content (AvgIpc) is 2.61. The van der Waals surface area contributed by atoms with Gasteiger partial charge in [0.25, 0.3) is 5.79 Å². The fourth-order valence-corrected chi connectivity index (χ4v) is 5.41. The molecule has 0 aromatic carbocycles. The van der Waals surface area contributed by atoms with Crippen LogP contribution in [0.2, 0.25) is 37.8 Å². The third kappa shape index (κ3) is 9.52.